The molecular weight excluding hydrogens is 408 g/mol. The van der Waals surface area contributed by atoms with Gasteiger partial charge in [0.25, 0.3) is 0 Å². The molecule has 0 aliphatic heterocycles. The summed E-state index contributed by atoms with van der Waals surface area (Å²) in [5.41, 5.74) is 5.49. The predicted molar refractivity (Wildman–Crippen MR) is 126 cm³/mol. The Morgan fingerprint density at radius 1 is 1.06 bits per heavy atom. The molecular formula is C24H30N4O2S. The van der Waals surface area contributed by atoms with Crippen LogP contribution < -0.4 is 10.1 Å². The van der Waals surface area contributed by atoms with Gasteiger partial charge in [0.2, 0.25) is 5.91 Å². The number of thioether (sulfide) groups is 1. The van der Waals surface area contributed by atoms with Gasteiger partial charge in [-0.3, -0.25) is 4.79 Å². The Balaban J connectivity index is 1.59. The third kappa shape index (κ3) is 5.88. The molecule has 0 spiro atoms. The van der Waals surface area contributed by atoms with Gasteiger partial charge in [0, 0.05) is 12.2 Å². The summed E-state index contributed by atoms with van der Waals surface area (Å²) < 4.78 is 7.86. The first-order chi connectivity index (χ1) is 14.9. The normalized spacial score (nSPS) is 10.9. The molecule has 3 rings (SSSR count). The molecule has 0 fully saturated rings. The molecule has 6 nitrogen and oxygen atoms in total. The zero-order chi connectivity index (χ0) is 22.4. The summed E-state index contributed by atoms with van der Waals surface area (Å²) in [7, 11) is 0. The van der Waals surface area contributed by atoms with Crippen molar-refractivity contribution in [1.29, 1.82) is 0 Å². The minimum Gasteiger partial charge on any atom is -0.486 e. The lowest BCUT2D eigenvalue weighted by Crippen LogP contribution is -2.16. The lowest BCUT2D eigenvalue weighted by molar-refractivity contribution is -0.113. The van der Waals surface area contributed by atoms with E-state index in [4.69, 9.17) is 4.74 Å². The van der Waals surface area contributed by atoms with Crippen molar-refractivity contribution in [2.75, 3.05) is 11.1 Å². The highest BCUT2D eigenvalue weighted by molar-refractivity contribution is 7.99. The lowest BCUT2D eigenvalue weighted by atomic mass is 10.1. The second-order valence-corrected chi connectivity index (χ2v) is 8.48. The highest BCUT2D eigenvalue weighted by Crippen LogP contribution is 2.23. The number of benzene rings is 2. The monoisotopic (exact) mass is 438 g/mol. The maximum Gasteiger partial charge on any atom is 0.234 e. The summed E-state index contributed by atoms with van der Waals surface area (Å²) in [4.78, 5) is 12.5. The van der Waals surface area contributed by atoms with Crippen molar-refractivity contribution >= 4 is 23.4 Å². The van der Waals surface area contributed by atoms with E-state index in [1.165, 1.54) is 22.9 Å². The maximum atomic E-state index is 12.5. The summed E-state index contributed by atoms with van der Waals surface area (Å²) >= 11 is 1.38. The predicted octanol–water partition coefficient (Wildman–Crippen LogP) is 5.10. The number of anilines is 1. The molecule has 164 valence electrons. The quantitative estimate of drug-likeness (QED) is 0.471. The van der Waals surface area contributed by atoms with Gasteiger partial charge < -0.3 is 14.6 Å². The molecule has 1 aromatic heterocycles. The van der Waals surface area contributed by atoms with Crippen LogP contribution in [-0.2, 0) is 24.4 Å². The van der Waals surface area contributed by atoms with E-state index in [0.29, 0.717) is 13.2 Å². The number of carbonyl (C=O) groups is 1. The SMILES string of the molecule is CCc1ccc(OCc2nnc(SCC(=O)Nc3c(C)cc(C)cc3C)n2CC)cc1. The molecule has 0 atom stereocenters. The second-order valence-electron chi connectivity index (χ2n) is 7.54. The van der Waals surface area contributed by atoms with Gasteiger partial charge in [-0.2, -0.15) is 0 Å². The van der Waals surface area contributed by atoms with E-state index >= 15 is 0 Å². The second kappa shape index (κ2) is 10.5. The summed E-state index contributed by atoms with van der Waals surface area (Å²) in [6.07, 6.45) is 1.00. The van der Waals surface area contributed by atoms with Gasteiger partial charge in [-0.25, -0.2) is 0 Å². The molecule has 0 aliphatic carbocycles. The number of rotatable bonds is 9. The average molecular weight is 439 g/mol. The van der Waals surface area contributed by atoms with Crippen LogP contribution >= 0.6 is 11.8 Å². The van der Waals surface area contributed by atoms with E-state index < -0.39 is 0 Å². The van der Waals surface area contributed by atoms with E-state index in [-0.39, 0.29) is 11.7 Å². The molecule has 1 heterocycles. The van der Waals surface area contributed by atoms with Crippen LogP contribution in [0.3, 0.4) is 0 Å². The van der Waals surface area contributed by atoms with E-state index in [1.807, 2.05) is 37.5 Å². The third-order valence-corrected chi connectivity index (χ3v) is 6.05. The Labute approximate surface area is 188 Å². The van der Waals surface area contributed by atoms with E-state index in [2.05, 4.69) is 53.6 Å². The number of nitrogens with zero attached hydrogens (tertiary/aromatic N) is 3. The minimum absolute atomic E-state index is 0.0560. The van der Waals surface area contributed by atoms with Gasteiger partial charge in [0.1, 0.15) is 12.4 Å². The number of aryl methyl sites for hydroxylation is 4. The van der Waals surface area contributed by atoms with Gasteiger partial charge in [-0.1, -0.05) is 48.5 Å². The number of ether oxygens (including phenoxy) is 1. The maximum absolute atomic E-state index is 12.5. The number of hydrogen-bond acceptors (Lipinski definition) is 5. The van der Waals surface area contributed by atoms with Crippen LogP contribution in [0.25, 0.3) is 0 Å². The van der Waals surface area contributed by atoms with Crippen molar-refractivity contribution in [1.82, 2.24) is 14.8 Å². The smallest absolute Gasteiger partial charge is 0.234 e. The van der Waals surface area contributed by atoms with Crippen LogP contribution in [0.15, 0.2) is 41.6 Å². The first kappa shape index (κ1) is 22.9. The topological polar surface area (TPSA) is 69.0 Å². The standard InChI is InChI=1S/C24H30N4O2S/c1-6-19-8-10-20(11-9-19)30-14-21-26-27-24(28(21)7-2)31-15-22(29)25-23-17(4)12-16(3)13-18(23)5/h8-13H,6-7,14-15H2,1-5H3,(H,25,29). The summed E-state index contributed by atoms with van der Waals surface area (Å²) in [5, 5.41) is 12.3. The zero-order valence-corrected chi connectivity index (χ0v) is 19.7. The summed E-state index contributed by atoms with van der Waals surface area (Å²) in [6, 6.07) is 12.2. The van der Waals surface area contributed by atoms with Crippen molar-refractivity contribution in [3.8, 4) is 5.75 Å². The van der Waals surface area contributed by atoms with Gasteiger partial charge in [0.15, 0.2) is 11.0 Å². The number of nitrogens with one attached hydrogen (secondary N) is 1. The summed E-state index contributed by atoms with van der Waals surface area (Å²) in [5.74, 6) is 1.76. The number of amides is 1. The van der Waals surface area contributed by atoms with E-state index in [0.717, 1.165) is 40.0 Å². The highest BCUT2D eigenvalue weighted by Gasteiger charge is 2.15. The van der Waals surface area contributed by atoms with Crippen LogP contribution in [0.4, 0.5) is 5.69 Å². The van der Waals surface area contributed by atoms with Crippen LogP contribution in [-0.4, -0.2) is 26.4 Å². The van der Waals surface area contributed by atoms with E-state index in [9.17, 15) is 4.79 Å². The molecule has 2 aromatic carbocycles. The zero-order valence-electron chi connectivity index (χ0n) is 18.9. The highest BCUT2D eigenvalue weighted by atomic mass is 32.2. The molecule has 0 radical (unpaired) electrons. The molecule has 1 amide bonds. The number of hydrogen-bond donors (Lipinski definition) is 1. The van der Waals surface area contributed by atoms with Crippen molar-refractivity contribution in [3.63, 3.8) is 0 Å². The summed E-state index contributed by atoms with van der Waals surface area (Å²) in [6.45, 7) is 11.3. The Hall–Kier alpha value is -2.80. The molecule has 0 aliphatic rings. The molecule has 0 unspecified atom stereocenters. The fourth-order valence-electron chi connectivity index (χ4n) is 3.50. The lowest BCUT2D eigenvalue weighted by Gasteiger charge is -2.13. The molecule has 0 bridgehead atoms. The van der Waals surface area contributed by atoms with Gasteiger partial charge in [-0.15, -0.1) is 10.2 Å². The Morgan fingerprint density at radius 2 is 1.74 bits per heavy atom. The van der Waals surface area contributed by atoms with Gasteiger partial charge >= 0.3 is 0 Å². The van der Waals surface area contributed by atoms with Crippen LogP contribution in [0.5, 0.6) is 5.75 Å². The van der Waals surface area contributed by atoms with E-state index in [1.54, 1.807) is 0 Å². The Bertz CT molecular complexity index is 1020. The number of carbonyl (C=O) groups excluding carboxylic acids is 1. The fraction of sp³-hybridized carbons (Fsp3) is 0.375. The minimum atomic E-state index is -0.0560. The Morgan fingerprint density at radius 3 is 2.35 bits per heavy atom. The molecule has 1 N–H and O–H groups in total. The third-order valence-electron chi connectivity index (χ3n) is 5.08. The molecule has 3 aromatic rings. The molecule has 0 saturated carbocycles. The largest absolute Gasteiger partial charge is 0.486 e. The van der Waals surface area contributed by atoms with Crippen molar-refractivity contribution in [2.45, 2.75) is 59.3 Å². The van der Waals surface area contributed by atoms with Crippen molar-refractivity contribution in [3.05, 3.63) is 64.5 Å². The first-order valence-electron chi connectivity index (χ1n) is 10.6. The molecule has 0 saturated heterocycles. The molecule has 31 heavy (non-hydrogen) atoms. The van der Waals surface area contributed by atoms with Crippen LogP contribution in [0.1, 0.15) is 41.9 Å². The first-order valence-corrected chi connectivity index (χ1v) is 11.5. The average Bonchev–Trinajstić information content (AvgIpc) is 3.15. The fourth-order valence-corrected chi connectivity index (χ4v) is 4.32. The van der Waals surface area contributed by atoms with Gasteiger partial charge in [0.05, 0.1) is 5.75 Å². The van der Waals surface area contributed by atoms with Crippen molar-refractivity contribution < 1.29 is 9.53 Å². The Kier molecular flexibility index (Phi) is 7.74. The molecule has 7 heteroatoms. The number of aromatic nitrogens is 3. The van der Waals surface area contributed by atoms with Crippen LogP contribution in [0, 0.1) is 20.8 Å². The van der Waals surface area contributed by atoms with Crippen LogP contribution in [0.2, 0.25) is 0 Å². The van der Waals surface area contributed by atoms with Gasteiger partial charge in [-0.05, 0) is 62.9 Å². The van der Waals surface area contributed by atoms with Crippen molar-refractivity contribution in [2.24, 2.45) is 0 Å².